The third-order valence-corrected chi connectivity index (χ3v) is 6.76. The van der Waals surface area contributed by atoms with Gasteiger partial charge in [-0.25, -0.2) is 4.79 Å². The van der Waals surface area contributed by atoms with Crippen molar-refractivity contribution in [2.45, 2.75) is 51.5 Å². The smallest absolute Gasteiger partial charge is 0.338 e. The van der Waals surface area contributed by atoms with Gasteiger partial charge in [0.1, 0.15) is 0 Å². The van der Waals surface area contributed by atoms with Gasteiger partial charge in [0, 0.05) is 12.2 Å². The number of rotatable bonds is 12. The molecule has 0 saturated heterocycles. The van der Waals surface area contributed by atoms with Gasteiger partial charge in [-0.3, -0.25) is 9.59 Å². The van der Waals surface area contributed by atoms with Crippen LogP contribution in [0.25, 0.3) is 0 Å². The zero-order valence-electron chi connectivity index (χ0n) is 22.3. The second kappa shape index (κ2) is 14.0. The Kier molecular flexibility index (Phi) is 10.7. The van der Waals surface area contributed by atoms with E-state index in [-0.39, 0.29) is 29.6 Å². The number of hydrogen-bond acceptors (Lipinski definition) is 7. The van der Waals surface area contributed by atoms with Crippen molar-refractivity contribution in [1.82, 2.24) is 20.1 Å². The summed E-state index contributed by atoms with van der Waals surface area (Å²) in [6.45, 7) is 11.7. The van der Waals surface area contributed by atoms with Gasteiger partial charge in [0.05, 0.1) is 34.0 Å². The van der Waals surface area contributed by atoms with E-state index in [0.717, 1.165) is 0 Å². The van der Waals surface area contributed by atoms with Crippen LogP contribution < -0.4 is 10.6 Å². The fourth-order valence-electron chi connectivity index (χ4n) is 3.66. The lowest BCUT2D eigenvalue weighted by molar-refractivity contribution is -0.113. The molecule has 1 heterocycles. The Morgan fingerprint density at radius 1 is 1.10 bits per heavy atom. The van der Waals surface area contributed by atoms with Crippen LogP contribution in [0.5, 0.6) is 0 Å². The number of ether oxygens (including phenoxy) is 1. The Balaban J connectivity index is 1.72. The number of hydrogen-bond donors (Lipinski definition) is 2. The summed E-state index contributed by atoms with van der Waals surface area (Å²) in [5, 5.41) is 15.3. The maximum Gasteiger partial charge on any atom is 0.338 e. The molecular formula is C28H32ClN5O4S. The van der Waals surface area contributed by atoms with Crippen molar-refractivity contribution < 1.29 is 19.1 Å². The molecule has 3 aromatic rings. The van der Waals surface area contributed by atoms with Gasteiger partial charge in [-0.15, -0.1) is 16.8 Å². The Hall–Kier alpha value is -3.63. The van der Waals surface area contributed by atoms with Gasteiger partial charge in [-0.05, 0) is 50.1 Å². The predicted octanol–water partition coefficient (Wildman–Crippen LogP) is 5.54. The minimum Gasteiger partial charge on any atom is -0.459 e. The average Bonchev–Trinajstić information content (AvgIpc) is 3.28. The number of carbonyl (C=O) groups is 3. The molecule has 2 aromatic carbocycles. The lowest BCUT2D eigenvalue weighted by Crippen LogP contribution is -2.34. The molecule has 1 atom stereocenters. The highest BCUT2D eigenvalue weighted by Crippen LogP contribution is 2.27. The Morgan fingerprint density at radius 2 is 1.85 bits per heavy atom. The average molecular weight is 570 g/mol. The lowest BCUT2D eigenvalue weighted by Gasteiger charge is -2.23. The van der Waals surface area contributed by atoms with E-state index in [0.29, 0.717) is 39.4 Å². The number of aromatic nitrogens is 3. The van der Waals surface area contributed by atoms with Crippen molar-refractivity contribution >= 4 is 46.8 Å². The summed E-state index contributed by atoms with van der Waals surface area (Å²) in [5.74, 6) is -0.475. The van der Waals surface area contributed by atoms with Gasteiger partial charge in [-0.1, -0.05) is 61.5 Å². The maximum atomic E-state index is 13.0. The van der Waals surface area contributed by atoms with Gasteiger partial charge in [0.2, 0.25) is 5.91 Å². The molecule has 0 spiro atoms. The van der Waals surface area contributed by atoms with Crippen molar-refractivity contribution in [3.63, 3.8) is 0 Å². The molecule has 39 heavy (non-hydrogen) atoms. The molecule has 0 aliphatic carbocycles. The molecule has 0 bridgehead atoms. The molecule has 3 rings (SSSR count). The molecule has 0 aliphatic rings. The van der Waals surface area contributed by atoms with Crippen molar-refractivity contribution in [2.24, 2.45) is 5.92 Å². The number of carbonyl (C=O) groups excluding carboxylic acids is 3. The van der Waals surface area contributed by atoms with E-state index in [9.17, 15) is 14.4 Å². The SMILES string of the molecule is C=CCn1c(SCC(=O)Nc2cccc(C(=O)OC(C)C)c2)nnc1C(NC(=O)c1ccccc1Cl)C(C)C. The first-order valence-corrected chi connectivity index (χ1v) is 13.8. The molecule has 0 aliphatic heterocycles. The van der Waals surface area contributed by atoms with Crippen LogP contribution in [-0.4, -0.2) is 44.4 Å². The highest BCUT2D eigenvalue weighted by Gasteiger charge is 2.27. The highest BCUT2D eigenvalue weighted by molar-refractivity contribution is 7.99. The van der Waals surface area contributed by atoms with Crippen LogP contribution in [0.3, 0.4) is 0 Å². The Labute approximate surface area is 237 Å². The zero-order valence-corrected chi connectivity index (χ0v) is 23.9. The Morgan fingerprint density at radius 3 is 2.51 bits per heavy atom. The number of nitrogens with one attached hydrogen (secondary N) is 2. The van der Waals surface area contributed by atoms with Gasteiger partial charge in [-0.2, -0.15) is 0 Å². The van der Waals surface area contributed by atoms with Crippen LogP contribution in [-0.2, 0) is 16.1 Å². The normalized spacial score (nSPS) is 11.8. The minimum absolute atomic E-state index is 0.0139. The van der Waals surface area contributed by atoms with Crippen molar-refractivity contribution in [1.29, 1.82) is 0 Å². The molecule has 0 saturated carbocycles. The fourth-order valence-corrected chi connectivity index (χ4v) is 4.64. The third kappa shape index (κ3) is 8.18. The van der Waals surface area contributed by atoms with E-state index in [1.807, 2.05) is 18.4 Å². The number of halogens is 1. The molecule has 0 fully saturated rings. The molecule has 11 heteroatoms. The van der Waals surface area contributed by atoms with Crippen LogP contribution in [0.4, 0.5) is 5.69 Å². The van der Waals surface area contributed by atoms with Gasteiger partial charge in [0.15, 0.2) is 11.0 Å². The van der Waals surface area contributed by atoms with Crippen LogP contribution in [0.15, 0.2) is 66.3 Å². The summed E-state index contributed by atoms with van der Waals surface area (Å²) in [7, 11) is 0. The number of anilines is 1. The van der Waals surface area contributed by atoms with E-state index in [4.69, 9.17) is 16.3 Å². The summed E-state index contributed by atoms with van der Waals surface area (Å²) in [4.78, 5) is 37.9. The van der Waals surface area contributed by atoms with E-state index >= 15 is 0 Å². The van der Waals surface area contributed by atoms with Crippen LogP contribution in [0.1, 0.15) is 60.3 Å². The Bertz CT molecular complexity index is 1340. The highest BCUT2D eigenvalue weighted by atomic mass is 35.5. The maximum absolute atomic E-state index is 13.0. The summed E-state index contributed by atoms with van der Waals surface area (Å²) >= 11 is 7.42. The topological polar surface area (TPSA) is 115 Å². The van der Waals surface area contributed by atoms with E-state index in [1.165, 1.54) is 11.8 Å². The van der Waals surface area contributed by atoms with Crippen LogP contribution in [0, 0.1) is 5.92 Å². The largest absolute Gasteiger partial charge is 0.459 e. The first kappa shape index (κ1) is 29.9. The third-order valence-electron chi connectivity index (χ3n) is 5.46. The summed E-state index contributed by atoms with van der Waals surface area (Å²) in [6.07, 6.45) is 1.45. The molecule has 2 N–H and O–H groups in total. The summed E-state index contributed by atoms with van der Waals surface area (Å²) in [5.41, 5.74) is 1.20. The van der Waals surface area contributed by atoms with Crippen LogP contribution >= 0.6 is 23.4 Å². The van der Waals surface area contributed by atoms with Gasteiger partial charge in [0.25, 0.3) is 5.91 Å². The van der Waals surface area contributed by atoms with Crippen molar-refractivity contribution in [3.05, 3.63) is 83.2 Å². The fraction of sp³-hybridized carbons (Fsp3) is 0.321. The first-order valence-electron chi connectivity index (χ1n) is 12.4. The second-order valence-corrected chi connectivity index (χ2v) is 10.6. The molecule has 0 radical (unpaired) electrons. The first-order chi connectivity index (χ1) is 18.6. The zero-order chi connectivity index (χ0) is 28.5. The van der Waals surface area contributed by atoms with Gasteiger partial charge < -0.3 is 19.9 Å². The summed E-state index contributed by atoms with van der Waals surface area (Å²) < 4.78 is 7.04. The van der Waals surface area contributed by atoms with Gasteiger partial charge >= 0.3 is 5.97 Å². The quantitative estimate of drug-likeness (QED) is 0.167. The molecular weight excluding hydrogens is 538 g/mol. The monoisotopic (exact) mass is 569 g/mol. The number of nitrogens with zero attached hydrogens (tertiary/aromatic N) is 3. The predicted molar refractivity (Wildman–Crippen MR) is 153 cm³/mol. The molecule has 1 unspecified atom stereocenters. The van der Waals surface area contributed by atoms with Crippen LogP contribution in [0.2, 0.25) is 5.02 Å². The van der Waals surface area contributed by atoms with Crippen molar-refractivity contribution in [2.75, 3.05) is 11.1 Å². The number of allylic oxidation sites excluding steroid dienone is 1. The molecule has 9 nitrogen and oxygen atoms in total. The molecule has 206 valence electrons. The standard InChI is InChI=1S/C28H32ClN5O4S/c1-6-14-34-25(24(17(2)3)31-26(36)21-12-7-8-13-22(21)29)32-33-28(34)39-16-23(35)30-20-11-9-10-19(15-20)27(37)38-18(4)5/h6-13,15,17-18,24H,1,14,16H2,2-5H3,(H,30,35)(H,31,36). The summed E-state index contributed by atoms with van der Waals surface area (Å²) in [6, 6.07) is 12.9. The minimum atomic E-state index is -0.460. The van der Waals surface area contributed by atoms with E-state index in [2.05, 4.69) is 27.4 Å². The number of thioether (sulfide) groups is 1. The molecule has 1 aromatic heterocycles. The molecule has 2 amide bonds. The lowest BCUT2D eigenvalue weighted by atomic mass is 10.0. The number of esters is 1. The number of amides is 2. The van der Waals surface area contributed by atoms with E-state index < -0.39 is 12.0 Å². The van der Waals surface area contributed by atoms with Crippen molar-refractivity contribution in [3.8, 4) is 0 Å². The second-order valence-electron chi connectivity index (χ2n) is 9.29. The van der Waals surface area contributed by atoms with E-state index in [1.54, 1.807) is 68.5 Å². The number of benzene rings is 2.